The lowest BCUT2D eigenvalue weighted by Gasteiger charge is -2.34. The van der Waals surface area contributed by atoms with Crippen molar-refractivity contribution < 1.29 is 17.9 Å². The summed E-state index contributed by atoms with van der Waals surface area (Å²) in [6, 6.07) is 14.0. The Labute approximate surface area is 185 Å². The molecule has 1 aliphatic rings. The number of carbonyl (C=O) groups is 1. The van der Waals surface area contributed by atoms with Gasteiger partial charge < -0.3 is 9.64 Å². The van der Waals surface area contributed by atoms with Crippen molar-refractivity contribution >= 4 is 15.9 Å². The van der Waals surface area contributed by atoms with Crippen molar-refractivity contribution in [3.05, 3.63) is 59.7 Å². The summed E-state index contributed by atoms with van der Waals surface area (Å²) >= 11 is 0. The Kier molecular flexibility index (Phi) is 7.38. The van der Waals surface area contributed by atoms with Crippen LogP contribution in [0, 0.1) is 18.8 Å². The second kappa shape index (κ2) is 9.83. The van der Waals surface area contributed by atoms with E-state index in [2.05, 4.69) is 13.8 Å². The SMILES string of the molecule is Cc1cccc(OCCN(C)C(=O)c2ccc(S(=O)(=O)N3CC(C)CC(C)C3)cc2)c1. The van der Waals surface area contributed by atoms with Crippen molar-refractivity contribution in [2.45, 2.75) is 32.1 Å². The highest BCUT2D eigenvalue weighted by Gasteiger charge is 2.31. The normalized spacial score (nSPS) is 19.7. The van der Waals surface area contributed by atoms with Gasteiger partial charge in [0.2, 0.25) is 10.0 Å². The number of likely N-dealkylation sites (N-methyl/N-ethyl adjacent to an activating group) is 1. The third-order valence-corrected chi connectivity index (χ3v) is 7.45. The minimum absolute atomic E-state index is 0.169. The number of nitrogens with zero attached hydrogens (tertiary/aromatic N) is 2. The molecule has 0 radical (unpaired) electrons. The maximum absolute atomic E-state index is 13.0. The van der Waals surface area contributed by atoms with E-state index >= 15 is 0 Å². The summed E-state index contributed by atoms with van der Waals surface area (Å²) in [5, 5.41) is 0. The van der Waals surface area contributed by atoms with Crippen molar-refractivity contribution in [1.29, 1.82) is 0 Å². The van der Waals surface area contributed by atoms with Crippen LogP contribution in [0.4, 0.5) is 0 Å². The van der Waals surface area contributed by atoms with Gasteiger partial charge in [-0.25, -0.2) is 8.42 Å². The Bertz CT molecular complexity index is 994. The molecule has 0 aromatic heterocycles. The third kappa shape index (κ3) is 5.86. The molecule has 0 aliphatic carbocycles. The molecule has 168 valence electrons. The Morgan fingerprint density at radius 1 is 1.10 bits per heavy atom. The number of rotatable bonds is 7. The van der Waals surface area contributed by atoms with Crippen LogP contribution in [0.15, 0.2) is 53.4 Å². The molecular weight excluding hydrogens is 412 g/mol. The van der Waals surface area contributed by atoms with Gasteiger partial charge in [0, 0.05) is 25.7 Å². The summed E-state index contributed by atoms with van der Waals surface area (Å²) in [4.78, 5) is 14.5. The van der Waals surface area contributed by atoms with E-state index in [-0.39, 0.29) is 10.8 Å². The molecule has 0 bridgehead atoms. The van der Waals surface area contributed by atoms with Crippen LogP contribution in [0.5, 0.6) is 5.75 Å². The van der Waals surface area contributed by atoms with E-state index in [4.69, 9.17) is 4.74 Å². The minimum Gasteiger partial charge on any atom is -0.492 e. The predicted molar refractivity (Wildman–Crippen MR) is 122 cm³/mol. The van der Waals surface area contributed by atoms with Crippen molar-refractivity contribution in [2.75, 3.05) is 33.3 Å². The van der Waals surface area contributed by atoms with Gasteiger partial charge in [0.15, 0.2) is 0 Å². The fourth-order valence-corrected chi connectivity index (χ4v) is 5.73. The lowest BCUT2D eigenvalue weighted by atomic mass is 9.94. The first-order valence-corrected chi connectivity index (χ1v) is 12.2. The van der Waals surface area contributed by atoms with E-state index in [0.29, 0.717) is 43.6 Å². The largest absolute Gasteiger partial charge is 0.492 e. The molecule has 1 amide bonds. The third-order valence-electron chi connectivity index (χ3n) is 5.61. The monoisotopic (exact) mass is 444 g/mol. The summed E-state index contributed by atoms with van der Waals surface area (Å²) < 4.78 is 33.3. The van der Waals surface area contributed by atoms with Gasteiger partial charge in [-0.3, -0.25) is 4.79 Å². The number of amides is 1. The summed E-state index contributed by atoms with van der Waals surface area (Å²) in [6.07, 6.45) is 1.04. The van der Waals surface area contributed by atoms with Crippen LogP contribution in [0.3, 0.4) is 0 Å². The van der Waals surface area contributed by atoms with Crippen LogP contribution in [0.2, 0.25) is 0 Å². The van der Waals surface area contributed by atoms with Crippen LogP contribution in [-0.2, 0) is 10.0 Å². The van der Waals surface area contributed by atoms with Crippen LogP contribution in [0.25, 0.3) is 0 Å². The van der Waals surface area contributed by atoms with Crippen molar-refractivity contribution in [1.82, 2.24) is 9.21 Å². The molecule has 2 aromatic rings. The van der Waals surface area contributed by atoms with Gasteiger partial charge >= 0.3 is 0 Å². The molecule has 0 saturated carbocycles. The van der Waals surface area contributed by atoms with Gasteiger partial charge in [-0.1, -0.05) is 26.0 Å². The molecule has 1 saturated heterocycles. The number of aryl methyl sites for hydroxylation is 1. The number of hydrogen-bond acceptors (Lipinski definition) is 4. The van der Waals surface area contributed by atoms with E-state index < -0.39 is 10.0 Å². The molecule has 6 nitrogen and oxygen atoms in total. The maximum atomic E-state index is 13.0. The second-order valence-corrected chi connectivity index (χ2v) is 10.6. The van der Waals surface area contributed by atoms with E-state index in [1.165, 1.54) is 12.1 Å². The Hall–Kier alpha value is -2.38. The Morgan fingerprint density at radius 3 is 2.35 bits per heavy atom. The number of carbonyl (C=O) groups excluding carboxylic acids is 1. The number of piperidine rings is 1. The van der Waals surface area contributed by atoms with E-state index in [0.717, 1.165) is 17.7 Å². The molecule has 1 aliphatic heterocycles. The topological polar surface area (TPSA) is 66.9 Å². The number of hydrogen-bond donors (Lipinski definition) is 0. The molecule has 31 heavy (non-hydrogen) atoms. The number of benzene rings is 2. The van der Waals surface area contributed by atoms with E-state index in [9.17, 15) is 13.2 Å². The average molecular weight is 445 g/mol. The van der Waals surface area contributed by atoms with Crippen LogP contribution in [0.1, 0.15) is 36.2 Å². The maximum Gasteiger partial charge on any atom is 0.253 e. The standard InChI is InChI=1S/C24H32N2O4S/c1-18-6-5-7-22(15-18)30-13-12-25(4)24(27)21-8-10-23(11-9-21)31(28,29)26-16-19(2)14-20(3)17-26/h5-11,15,19-20H,12-14,16-17H2,1-4H3. The molecule has 3 rings (SSSR count). The zero-order valence-corrected chi connectivity index (χ0v) is 19.6. The van der Waals surface area contributed by atoms with E-state index in [1.807, 2.05) is 31.2 Å². The first kappa shape index (κ1) is 23.3. The molecule has 2 atom stereocenters. The smallest absolute Gasteiger partial charge is 0.253 e. The quantitative estimate of drug-likeness (QED) is 0.651. The molecule has 1 fully saturated rings. The summed E-state index contributed by atoms with van der Waals surface area (Å²) in [5.41, 5.74) is 1.57. The second-order valence-electron chi connectivity index (χ2n) is 8.68. The Balaban J connectivity index is 1.60. The van der Waals surface area contributed by atoms with Gasteiger partial charge in [-0.2, -0.15) is 4.31 Å². The molecule has 2 aromatic carbocycles. The lowest BCUT2D eigenvalue weighted by molar-refractivity contribution is 0.0773. The van der Waals surface area contributed by atoms with Gasteiger partial charge in [0.1, 0.15) is 12.4 Å². The summed E-state index contributed by atoms with van der Waals surface area (Å²) in [6.45, 7) is 8.05. The summed E-state index contributed by atoms with van der Waals surface area (Å²) in [7, 11) is -1.84. The van der Waals surface area contributed by atoms with Crippen molar-refractivity contribution in [2.24, 2.45) is 11.8 Å². The van der Waals surface area contributed by atoms with Crippen LogP contribution >= 0.6 is 0 Å². The highest BCUT2D eigenvalue weighted by molar-refractivity contribution is 7.89. The fraction of sp³-hybridized carbons (Fsp3) is 0.458. The van der Waals surface area contributed by atoms with E-state index in [1.54, 1.807) is 28.4 Å². The number of ether oxygens (including phenoxy) is 1. The molecule has 2 unspecified atom stereocenters. The zero-order chi connectivity index (χ0) is 22.6. The molecule has 0 spiro atoms. The predicted octanol–water partition coefficient (Wildman–Crippen LogP) is 3.81. The zero-order valence-electron chi connectivity index (χ0n) is 18.7. The first-order valence-electron chi connectivity index (χ1n) is 10.7. The summed E-state index contributed by atoms with van der Waals surface area (Å²) in [5.74, 6) is 1.29. The van der Waals surface area contributed by atoms with Gasteiger partial charge in [0.05, 0.1) is 11.4 Å². The minimum atomic E-state index is -3.55. The van der Waals surface area contributed by atoms with Crippen molar-refractivity contribution in [3.63, 3.8) is 0 Å². The highest BCUT2D eigenvalue weighted by atomic mass is 32.2. The fourth-order valence-electron chi connectivity index (χ4n) is 4.05. The average Bonchev–Trinajstić information content (AvgIpc) is 2.72. The van der Waals surface area contributed by atoms with Crippen LogP contribution in [-0.4, -0.2) is 56.8 Å². The highest BCUT2D eigenvalue weighted by Crippen LogP contribution is 2.26. The van der Waals surface area contributed by atoms with Gasteiger partial charge in [-0.15, -0.1) is 0 Å². The molecule has 7 heteroatoms. The molecule has 0 N–H and O–H groups in total. The first-order chi connectivity index (χ1) is 14.7. The van der Waals surface area contributed by atoms with Crippen LogP contribution < -0.4 is 4.74 Å². The lowest BCUT2D eigenvalue weighted by Crippen LogP contribution is -2.42. The van der Waals surface area contributed by atoms with Gasteiger partial charge in [0.25, 0.3) is 5.91 Å². The molecule has 1 heterocycles. The Morgan fingerprint density at radius 2 is 1.74 bits per heavy atom. The van der Waals surface area contributed by atoms with Gasteiger partial charge in [-0.05, 0) is 67.1 Å². The number of sulfonamides is 1. The van der Waals surface area contributed by atoms with Crippen molar-refractivity contribution in [3.8, 4) is 5.75 Å². The molecular formula is C24H32N2O4S.